The molecule has 98 valence electrons. The molecule has 0 atom stereocenters. The average molecular weight is 257 g/mol. The number of carboxylic acids is 1. The van der Waals surface area contributed by atoms with Gasteiger partial charge in [0.25, 0.3) is 0 Å². The van der Waals surface area contributed by atoms with Gasteiger partial charge >= 0.3 is 5.97 Å². The number of benzene rings is 1. The lowest BCUT2D eigenvalue weighted by atomic mass is 9.94. The van der Waals surface area contributed by atoms with Crippen LogP contribution in [-0.4, -0.2) is 35.0 Å². The number of carbonyl (C=O) groups excluding carboxylic acids is 1. The first-order chi connectivity index (χ1) is 9.10. The summed E-state index contributed by atoms with van der Waals surface area (Å²) in [6, 6.07) is 9.46. The number of nitrogens with zero attached hydrogens (tertiary/aromatic N) is 1. The van der Waals surface area contributed by atoms with Crippen molar-refractivity contribution in [1.82, 2.24) is 4.90 Å². The van der Waals surface area contributed by atoms with Crippen LogP contribution in [0.5, 0.6) is 0 Å². The number of carboxylic acid groups (broad SMARTS) is 1. The van der Waals surface area contributed by atoms with Gasteiger partial charge < -0.3 is 10.0 Å². The molecular weight excluding hydrogens is 242 g/mol. The zero-order chi connectivity index (χ0) is 13.9. The van der Waals surface area contributed by atoms with Gasteiger partial charge in [-0.2, -0.15) is 0 Å². The Kier molecular flexibility index (Phi) is 3.57. The van der Waals surface area contributed by atoms with E-state index in [-0.39, 0.29) is 19.0 Å². The number of rotatable bonds is 5. The number of aliphatic carboxylic acids is 1. The first kappa shape index (κ1) is 13.2. The third-order valence-electron chi connectivity index (χ3n) is 3.38. The molecule has 0 aromatic heterocycles. The van der Waals surface area contributed by atoms with Gasteiger partial charge in [-0.15, -0.1) is 6.42 Å². The van der Waals surface area contributed by atoms with Gasteiger partial charge in [0.2, 0.25) is 5.91 Å². The second kappa shape index (κ2) is 5.15. The summed E-state index contributed by atoms with van der Waals surface area (Å²) in [7, 11) is 0. The first-order valence-corrected chi connectivity index (χ1v) is 6.10. The van der Waals surface area contributed by atoms with E-state index in [0.29, 0.717) is 0 Å². The van der Waals surface area contributed by atoms with Crippen LogP contribution in [0.2, 0.25) is 0 Å². The highest BCUT2D eigenvalue weighted by molar-refractivity contribution is 5.93. The van der Waals surface area contributed by atoms with Crippen LogP contribution in [0.3, 0.4) is 0 Å². The van der Waals surface area contributed by atoms with Gasteiger partial charge in [0.15, 0.2) is 0 Å². The lowest BCUT2D eigenvalue weighted by Gasteiger charge is -2.24. The molecule has 19 heavy (non-hydrogen) atoms. The van der Waals surface area contributed by atoms with E-state index in [0.717, 1.165) is 18.4 Å². The van der Waals surface area contributed by atoms with Crippen molar-refractivity contribution in [1.29, 1.82) is 0 Å². The Labute approximate surface area is 112 Å². The topological polar surface area (TPSA) is 57.6 Å². The van der Waals surface area contributed by atoms with Gasteiger partial charge in [0.05, 0.1) is 12.0 Å². The Bertz CT molecular complexity index is 526. The van der Waals surface area contributed by atoms with Crippen LogP contribution in [0.25, 0.3) is 0 Å². The lowest BCUT2D eigenvalue weighted by molar-refractivity contribution is -0.145. The maximum Gasteiger partial charge on any atom is 0.323 e. The molecule has 0 heterocycles. The average Bonchev–Trinajstić information content (AvgIpc) is 3.19. The Morgan fingerprint density at radius 2 is 1.95 bits per heavy atom. The molecule has 0 unspecified atom stereocenters. The Morgan fingerprint density at radius 3 is 2.42 bits per heavy atom. The molecule has 1 aliphatic carbocycles. The summed E-state index contributed by atoms with van der Waals surface area (Å²) in [4.78, 5) is 24.6. The summed E-state index contributed by atoms with van der Waals surface area (Å²) in [5, 5.41) is 8.85. The molecule has 0 radical (unpaired) electrons. The first-order valence-electron chi connectivity index (χ1n) is 6.10. The third-order valence-corrected chi connectivity index (χ3v) is 3.38. The molecule has 1 saturated carbocycles. The second-order valence-corrected chi connectivity index (χ2v) is 4.71. The van der Waals surface area contributed by atoms with E-state index in [1.165, 1.54) is 4.90 Å². The van der Waals surface area contributed by atoms with E-state index >= 15 is 0 Å². The van der Waals surface area contributed by atoms with E-state index in [2.05, 4.69) is 5.92 Å². The fourth-order valence-corrected chi connectivity index (χ4v) is 2.28. The molecule has 0 spiro atoms. The molecular formula is C15H15NO3. The Balaban J connectivity index is 2.22. The molecule has 0 saturated heterocycles. The summed E-state index contributed by atoms with van der Waals surface area (Å²) >= 11 is 0. The zero-order valence-electron chi connectivity index (χ0n) is 10.5. The predicted molar refractivity (Wildman–Crippen MR) is 70.4 cm³/mol. The van der Waals surface area contributed by atoms with Gasteiger partial charge in [-0.25, -0.2) is 0 Å². The Morgan fingerprint density at radius 1 is 1.32 bits per heavy atom. The number of hydrogen-bond acceptors (Lipinski definition) is 2. The molecule has 4 nitrogen and oxygen atoms in total. The molecule has 0 bridgehead atoms. The van der Waals surface area contributed by atoms with Crippen LogP contribution in [0.4, 0.5) is 0 Å². The van der Waals surface area contributed by atoms with Crippen molar-refractivity contribution in [3.63, 3.8) is 0 Å². The summed E-state index contributed by atoms with van der Waals surface area (Å²) in [5.74, 6) is 1.12. The highest BCUT2D eigenvalue weighted by atomic mass is 16.4. The SMILES string of the molecule is C#CCN(CC(=O)O)C(=O)C1(c2ccccc2)CC1. The molecule has 2 rings (SSSR count). The number of hydrogen-bond donors (Lipinski definition) is 1. The van der Waals surface area contributed by atoms with E-state index in [9.17, 15) is 9.59 Å². The predicted octanol–water partition coefficient (Wildman–Crippen LogP) is 1.26. The summed E-state index contributed by atoms with van der Waals surface area (Å²) in [5.41, 5.74) is 0.375. The highest BCUT2D eigenvalue weighted by Crippen LogP contribution is 2.49. The van der Waals surface area contributed by atoms with E-state index in [4.69, 9.17) is 11.5 Å². The maximum absolute atomic E-state index is 12.5. The maximum atomic E-state index is 12.5. The molecule has 1 aromatic carbocycles. The van der Waals surface area contributed by atoms with Gasteiger partial charge in [-0.05, 0) is 18.4 Å². The molecule has 1 amide bonds. The zero-order valence-corrected chi connectivity index (χ0v) is 10.5. The summed E-state index contributed by atoms with van der Waals surface area (Å²) < 4.78 is 0. The molecule has 4 heteroatoms. The lowest BCUT2D eigenvalue weighted by Crippen LogP contribution is -2.42. The van der Waals surface area contributed by atoms with Crippen molar-refractivity contribution >= 4 is 11.9 Å². The minimum absolute atomic E-state index is 0.0275. The van der Waals surface area contributed by atoms with Crippen LogP contribution in [0.15, 0.2) is 30.3 Å². The number of amides is 1. The van der Waals surface area contributed by atoms with Crippen molar-refractivity contribution in [2.75, 3.05) is 13.1 Å². The quantitative estimate of drug-likeness (QED) is 0.808. The normalized spacial score (nSPS) is 15.3. The van der Waals surface area contributed by atoms with Gasteiger partial charge in [-0.3, -0.25) is 9.59 Å². The van der Waals surface area contributed by atoms with Crippen LogP contribution >= 0.6 is 0 Å². The van der Waals surface area contributed by atoms with Crippen molar-refractivity contribution < 1.29 is 14.7 Å². The highest BCUT2D eigenvalue weighted by Gasteiger charge is 2.53. The number of carbonyl (C=O) groups is 2. The van der Waals surface area contributed by atoms with Gasteiger partial charge in [0, 0.05) is 0 Å². The van der Waals surface area contributed by atoms with Crippen molar-refractivity contribution in [2.45, 2.75) is 18.3 Å². The van der Waals surface area contributed by atoms with Crippen molar-refractivity contribution in [2.24, 2.45) is 0 Å². The van der Waals surface area contributed by atoms with E-state index < -0.39 is 11.4 Å². The molecule has 1 aliphatic rings. The van der Waals surface area contributed by atoms with Gasteiger partial charge in [0.1, 0.15) is 6.54 Å². The Hall–Kier alpha value is -2.28. The van der Waals surface area contributed by atoms with Crippen LogP contribution in [0, 0.1) is 12.3 Å². The molecule has 1 fully saturated rings. The van der Waals surface area contributed by atoms with Crippen LogP contribution in [0.1, 0.15) is 18.4 Å². The van der Waals surface area contributed by atoms with Crippen LogP contribution < -0.4 is 0 Å². The molecule has 1 N–H and O–H groups in total. The summed E-state index contributed by atoms with van der Waals surface area (Å²) in [6.07, 6.45) is 6.70. The molecule has 0 aliphatic heterocycles. The minimum Gasteiger partial charge on any atom is -0.480 e. The third kappa shape index (κ3) is 2.60. The number of terminal acetylenes is 1. The fraction of sp³-hybridized carbons (Fsp3) is 0.333. The standard InChI is InChI=1S/C15H15NO3/c1-2-10-16(11-13(17)18)14(19)15(8-9-15)12-6-4-3-5-7-12/h1,3-7H,8-11H2,(H,17,18). The monoisotopic (exact) mass is 257 g/mol. The largest absolute Gasteiger partial charge is 0.480 e. The van der Waals surface area contributed by atoms with Crippen LogP contribution in [-0.2, 0) is 15.0 Å². The fourth-order valence-electron chi connectivity index (χ4n) is 2.28. The summed E-state index contributed by atoms with van der Waals surface area (Å²) in [6.45, 7) is -0.322. The van der Waals surface area contributed by atoms with E-state index in [1.54, 1.807) is 0 Å². The second-order valence-electron chi connectivity index (χ2n) is 4.71. The van der Waals surface area contributed by atoms with Gasteiger partial charge in [-0.1, -0.05) is 36.3 Å². The minimum atomic E-state index is -1.05. The van der Waals surface area contributed by atoms with E-state index in [1.807, 2.05) is 30.3 Å². The smallest absolute Gasteiger partial charge is 0.323 e. The van der Waals surface area contributed by atoms with Crippen molar-refractivity contribution in [3.8, 4) is 12.3 Å². The van der Waals surface area contributed by atoms with Crippen molar-refractivity contribution in [3.05, 3.63) is 35.9 Å². The molecule has 1 aromatic rings.